The Hall–Kier alpha value is -2.51. The average molecular weight is 674 g/mol. The van der Waals surface area contributed by atoms with Gasteiger partial charge in [-0.25, -0.2) is 24.1 Å². The lowest BCUT2D eigenvalue weighted by atomic mass is 10.2. The molecule has 230 valence electrons. The minimum absolute atomic E-state index is 0.00625. The smallest absolute Gasteiger partial charge is 0.386 e. The normalized spacial score (nSPS) is 35.4. The van der Waals surface area contributed by atoms with E-state index in [9.17, 15) is 13.9 Å². The lowest BCUT2D eigenvalue weighted by Crippen LogP contribution is -2.28. The van der Waals surface area contributed by atoms with Gasteiger partial charge in [-0.05, 0) is 6.07 Å². The predicted molar refractivity (Wildman–Crippen MR) is 156 cm³/mol. The van der Waals surface area contributed by atoms with E-state index in [4.69, 9.17) is 39.0 Å². The molecule has 22 heteroatoms. The monoisotopic (exact) mass is 673 g/mol. The number of anilines is 2. The van der Waals surface area contributed by atoms with E-state index in [1.165, 1.54) is 17.2 Å². The molecule has 7 heterocycles. The lowest BCUT2D eigenvalue weighted by molar-refractivity contribution is -0.0556. The van der Waals surface area contributed by atoms with Gasteiger partial charge in [0.1, 0.15) is 30.1 Å². The van der Waals surface area contributed by atoms with E-state index in [1.54, 1.807) is 16.8 Å². The molecule has 0 spiro atoms. The standard InChI is InChI=1S/C21H25N9O9P2S2/c22-10-1-2-24-17-15(10)25-7-29(17)14-4-11-13(37-14)6-35-41(33,43)39-12-3-9(5-34-40(32,42)38-11)36-20(12)30-8-26-16-18(30)27-21(23)28-19(16)31/h1-2,7-9,11-14,20H,3-6H2,(H2,22,24)(H,32,42)(H,33,43)(H3,23,27,28,31)/t9-,11-,12+,13?,14+,20+,40+,41+/m0/s1. The van der Waals surface area contributed by atoms with Gasteiger partial charge in [-0.3, -0.25) is 37.0 Å². The van der Waals surface area contributed by atoms with E-state index in [1.807, 2.05) is 0 Å². The first-order chi connectivity index (χ1) is 20.5. The molecule has 2 bridgehead atoms. The fourth-order valence-electron chi connectivity index (χ4n) is 5.34. The summed E-state index contributed by atoms with van der Waals surface area (Å²) in [5.74, 6) is -0.138. The number of pyridine rings is 1. The third-order valence-corrected chi connectivity index (χ3v) is 10.5. The molecule has 0 aromatic carbocycles. The second-order valence-electron chi connectivity index (χ2n) is 10.1. The van der Waals surface area contributed by atoms with Crippen molar-refractivity contribution in [1.29, 1.82) is 0 Å². The lowest BCUT2D eigenvalue weighted by Gasteiger charge is -2.26. The second-order valence-corrected chi connectivity index (χ2v) is 15.8. The third kappa shape index (κ3) is 5.61. The van der Waals surface area contributed by atoms with E-state index in [2.05, 4.69) is 49.4 Å². The molecular weight excluding hydrogens is 648 g/mol. The molecule has 3 aliphatic rings. The van der Waals surface area contributed by atoms with Gasteiger partial charge in [-0.15, -0.1) is 0 Å². The van der Waals surface area contributed by atoms with E-state index < -0.39 is 56.0 Å². The number of fused-ring (bicyclic) bond motifs is 5. The maximum absolute atomic E-state index is 13.5. The molecule has 0 amide bonds. The van der Waals surface area contributed by atoms with Crippen molar-refractivity contribution in [3.8, 4) is 0 Å². The van der Waals surface area contributed by atoms with E-state index >= 15 is 0 Å². The molecule has 5 N–H and O–H groups in total. The minimum Gasteiger partial charge on any atom is -0.397 e. The molecule has 0 saturated carbocycles. The number of imidazole rings is 2. The van der Waals surface area contributed by atoms with Crippen molar-refractivity contribution in [2.24, 2.45) is 0 Å². The SMILES string of the molecule is Nc1nc2c(ncn2[C@@H]2O[C@@H]3CO[P@@](=O)(S)O[C@H]4C[C@H](n5cnc6c(N)ccnc65)OC4CO[P@@](=O)(S)O[C@@H]2C3)c(=O)[nH]1. The van der Waals surface area contributed by atoms with Crippen LogP contribution in [0, 0.1) is 0 Å². The van der Waals surface area contributed by atoms with Crippen molar-refractivity contribution in [2.75, 3.05) is 24.7 Å². The molecule has 0 aliphatic carbocycles. The highest BCUT2D eigenvalue weighted by atomic mass is 32.7. The third-order valence-electron chi connectivity index (χ3n) is 7.22. The second kappa shape index (κ2) is 10.8. The summed E-state index contributed by atoms with van der Waals surface area (Å²) in [5.41, 5.74) is 12.7. The summed E-state index contributed by atoms with van der Waals surface area (Å²) in [6, 6.07) is 1.63. The van der Waals surface area contributed by atoms with Crippen molar-refractivity contribution >= 4 is 72.1 Å². The van der Waals surface area contributed by atoms with Gasteiger partial charge in [0, 0.05) is 19.0 Å². The van der Waals surface area contributed by atoms with Crippen LogP contribution in [0.2, 0.25) is 0 Å². The van der Waals surface area contributed by atoms with Crippen LogP contribution < -0.4 is 17.0 Å². The maximum atomic E-state index is 13.5. The first-order valence-electron chi connectivity index (χ1n) is 12.9. The molecule has 3 fully saturated rings. The molecule has 18 nitrogen and oxygen atoms in total. The zero-order valence-corrected chi connectivity index (χ0v) is 25.5. The number of rotatable bonds is 2. The number of nitrogens with two attached hydrogens (primary N) is 2. The molecule has 43 heavy (non-hydrogen) atoms. The quantitative estimate of drug-likeness (QED) is 0.151. The van der Waals surface area contributed by atoms with Gasteiger partial charge in [0.15, 0.2) is 23.0 Å². The van der Waals surface area contributed by atoms with Crippen molar-refractivity contribution in [2.45, 2.75) is 49.7 Å². The number of hydrogen-bond donors (Lipinski definition) is 5. The van der Waals surface area contributed by atoms with E-state index in [0.29, 0.717) is 16.9 Å². The highest BCUT2D eigenvalue weighted by Crippen LogP contribution is 2.60. The molecule has 1 unspecified atom stereocenters. The Labute approximate surface area is 252 Å². The molecule has 8 atom stereocenters. The fraction of sp³-hybridized carbons (Fsp3) is 0.476. The van der Waals surface area contributed by atoms with Crippen LogP contribution >= 0.6 is 38.1 Å². The summed E-state index contributed by atoms with van der Waals surface area (Å²) >= 11 is 8.37. The Bertz CT molecular complexity index is 1870. The van der Waals surface area contributed by atoms with Crippen LogP contribution in [0.15, 0.2) is 29.7 Å². The molecule has 3 aliphatic heterocycles. The van der Waals surface area contributed by atoms with Crippen LogP contribution in [-0.2, 0) is 36.7 Å². The Morgan fingerprint density at radius 2 is 1.60 bits per heavy atom. The first-order valence-corrected chi connectivity index (χ1v) is 18.3. The maximum Gasteiger partial charge on any atom is 0.386 e. The molecular formula is C21H25N9O9P2S2. The molecule has 7 rings (SSSR count). The van der Waals surface area contributed by atoms with Crippen LogP contribution in [0.5, 0.6) is 0 Å². The Morgan fingerprint density at radius 3 is 2.42 bits per heavy atom. The van der Waals surface area contributed by atoms with E-state index in [-0.39, 0.29) is 43.2 Å². The number of nitrogens with zero attached hydrogens (tertiary/aromatic N) is 6. The summed E-state index contributed by atoms with van der Waals surface area (Å²) in [6.45, 7) is -8.60. The van der Waals surface area contributed by atoms with Crippen molar-refractivity contribution in [1.82, 2.24) is 34.1 Å². The summed E-state index contributed by atoms with van der Waals surface area (Å²) in [5, 5.41) is 0. The number of aromatic amines is 1. The fourth-order valence-corrected chi connectivity index (χ4v) is 8.37. The zero-order valence-electron chi connectivity index (χ0n) is 21.9. The number of nitrogens with one attached hydrogen (secondary N) is 1. The van der Waals surface area contributed by atoms with E-state index in [0.717, 1.165) is 0 Å². The Morgan fingerprint density at radius 1 is 0.884 bits per heavy atom. The van der Waals surface area contributed by atoms with Crippen molar-refractivity contribution in [3.05, 3.63) is 35.3 Å². The highest BCUT2D eigenvalue weighted by molar-refractivity contribution is 8.44. The van der Waals surface area contributed by atoms with Gasteiger partial charge in [-0.1, -0.05) is 24.5 Å². The highest BCUT2D eigenvalue weighted by Gasteiger charge is 2.46. The molecule has 0 radical (unpaired) electrons. The Balaban J connectivity index is 1.17. The molecule has 4 aromatic rings. The number of aromatic nitrogens is 7. The number of nitrogen functional groups attached to an aromatic ring is 2. The van der Waals surface area contributed by atoms with Gasteiger partial charge in [0.2, 0.25) is 5.95 Å². The molecule has 3 saturated heterocycles. The van der Waals surface area contributed by atoms with Gasteiger partial charge in [-0.2, -0.15) is 4.98 Å². The Kier molecular flexibility index (Phi) is 7.36. The summed E-state index contributed by atoms with van der Waals surface area (Å²) in [6.07, 6.45) is -0.452. The van der Waals surface area contributed by atoms with Crippen LogP contribution in [0.1, 0.15) is 25.3 Å². The number of ether oxygens (including phenoxy) is 2. The summed E-state index contributed by atoms with van der Waals surface area (Å²) in [4.78, 5) is 31.6. The summed E-state index contributed by atoms with van der Waals surface area (Å²) in [7, 11) is 0. The number of H-pyrrole nitrogens is 1. The van der Waals surface area contributed by atoms with Gasteiger partial charge in [0.05, 0.1) is 37.7 Å². The zero-order chi connectivity index (χ0) is 30.1. The van der Waals surface area contributed by atoms with Gasteiger partial charge in [0.25, 0.3) is 5.56 Å². The van der Waals surface area contributed by atoms with Gasteiger partial charge < -0.3 is 20.9 Å². The predicted octanol–water partition coefficient (Wildman–Crippen LogP) is 2.20. The number of thiol groups is 2. The van der Waals surface area contributed by atoms with Crippen LogP contribution in [0.3, 0.4) is 0 Å². The van der Waals surface area contributed by atoms with Gasteiger partial charge >= 0.3 is 13.6 Å². The first kappa shape index (κ1) is 29.2. The van der Waals surface area contributed by atoms with Crippen LogP contribution in [0.4, 0.5) is 11.6 Å². The summed E-state index contributed by atoms with van der Waals surface area (Å²) < 4.78 is 65.1. The molecule has 4 aromatic heterocycles. The van der Waals surface area contributed by atoms with Crippen molar-refractivity contribution < 1.29 is 36.7 Å². The number of hydrogen-bond acceptors (Lipinski definition) is 15. The van der Waals surface area contributed by atoms with Crippen LogP contribution in [0.25, 0.3) is 22.3 Å². The largest absolute Gasteiger partial charge is 0.397 e. The van der Waals surface area contributed by atoms with Crippen molar-refractivity contribution in [3.63, 3.8) is 0 Å². The topological polar surface area (TPSA) is 236 Å². The average Bonchev–Trinajstić information content (AvgIpc) is 3.71. The minimum atomic E-state index is -4.07. The van der Waals surface area contributed by atoms with Crippen LogP contribution in [-0.4, -0.2) is 71.7 Å².